The average Bonchev–Trinajstić information content (AvgIpc) is 2.54. The molecular weight excluding hydrogens is 312 g/mol. The fourth-order valence-electron chi connectivity index (χ4n) is 2.81. The number of amides is 2. The molecular formula is C18H17ClN2O2. The summed E-state index contributed by atoms with van der Waals surface area (Å²) in [4.78, 5) is 25.8. The maximum absolute atomic E-state index is 12.3. The second-order valence-electron chi connectivity index (χ2n) is 5.58. The number of carbonyl (C=O) groups excluding carboxylic acids is 2. The van der Waals surface area contributed by atoms with Gasteiger partial charge in [-0.15, -0.1) is 0 Å². The van der Waals surface area contributed by atoms with Gasteiger partial charge < -0.3 is 10.2 Å². The van der Waals surface area contributed by atoms with Crippen LogP contribution in [0.2, 0.25) is 5.02 Å². The van der Waals surface area contributed by atoms with E-state index >= 15 is 0 Å². The van der Waals surface area contributed by atoms with E-state index < -0.39 is 0 Å². The third-order valence-corrected chi connectivity index (χ3v) is 4.16. The first-order valence-corrected chi connectivity index (χ1v) is 7.90. The Hall–Kier alpha value is -2.33. The van der Waals surface area contributed by atoms with E-state index in [2.05, 4.69) is 5.32 Å². The van der Waals surface area contributed by atoms with Gasteiger partial charge in [0, 0.05) is 35.4 Å². The zero-order valence-corrected chi connectivity index (χ0v) is 13.6. The molecule has 0 spiro atoms. The molecule has 0 fully saturated rings. The summed E-state index contributed by atoms with van der Waals surface area (Å²) in [5.41, 5.74) is 3.18. The zero-order chi connectivity index (χ0) is 16.4. The molecule has 1 N–H and O–H groups in total. The molecule has 1 heterocycles. The van der Waals surface area contributed by atoms with Crippen LogP contribution in [0.15, 0.2) is 42.5 Å². The monoisotopic (exact) mass is 328 g/mol. The van der Waals surface area contributed by atoms with Crippen molar-refractivity contribution >= 4 is 34.8 Å². The number of benzene rings is 2. The predicted octanol–water partition coefficient (Wildman–Crippen LogP) is 3.89. The molecule has 0 bridgehead atoms. The summed E-state index contributed by atoms with van der Waals surface area (Å²) in [6.45, 7) is 2.28. The molecule has 23 heavy (non-hydrogen) atoms. The normalized spacial score (nSPS) is 13.4. The Bertz CT molecular complexity index is 773. The van der Waals surface area contributed by atoms with Gasteiger partial charge in [0.25, 0.3) is 5.91 Å². The second-order valence-corrected chi connectivity index (χ2v) is 6.02. The van der Waals surface area contributed by atoms with Gasteiger partial charge in [0.05, 0.1) is 0 Å². The molecule has 3 rings (SSSR count). The number of halogens is 1. The number of fused-ring (bicyclic) bond motifs is 1. The van der Waals surface area contributed by atoms with E-state index in [0.717, 1.165) is 24.1 Å². The summed E-state index contributed by atoms with van der Waals surface area (Å²) < 4.78 is 0. The lowest BCUT2D eigenvalue weighted by Gasteiger charge is -2.29. The Morgan fingerprint density at radius 1 is 1.17 bits per heavy atom. The highest BCUT2D eigenvalue weighted by atomic mass is 35.5. The van der Waals surface area contributed by atoms with Crippen LogP contribution >= 0.6 is 11.6 Å². The number of hydrogen-bond donors (Lipinski definition) is 1. The van der Waals surface area contributed by atoms with Crippen LogP contribution in [-0.2, 0) is 11.2 Å². The van der Waals surface area contributed by atoms with E-state index in [1.165, 1.54) is 0 Å². The van der Waals surface area contributed by atoms with Crippen molar-refractivity contribution in [2.24, 2.45) is 0 Å². The highest BCUT2D eigenvalue weighted by Gasteiger charge is 2.20. The Kier molecular flexibility index (Phi) is 4.35. The van der Waals surface area contributed by atoms with Crippen molar-refractivity contribution < 1.29 is 9.59 Å². The van der Waals surface area contributed by atoms with Crippen molar-refractivity contribution in [2.45, 2.75) is 19.8 Å². The lowest BCUT2D eigenvalue weighted by atomic mass is 10.0. The number of rotatable bonds is 2. The molecule has 0 aromatic heterocycles. The maximum Gasteiger partial charge on any atom is 0.255 e. The fourth-order valence-corrected chi connectivity index (χ4v) is 3.00. The molecule has 2 aromatic carbocycles. The second kappa shape index (κ2) is 6.42. The van der Waals surface area contributed by atoms with Crippen molar-refractivity contribution in [1.82, 2.24) is 0 Å². The van der Waals surface area contributed by atoms with E-state index in [1.54, 1.807) is 36.1 Å². The van der Waals surface area contributed by atoms with E-state index in [4.69, 9.17) is 11.6 Å². The highest BCUT2D eigenvalue weighted by Crippen LogP contribution is 2.30. The first-order chi connectivity index (χ1) is 11.0. The minimum absolute atomic E-state index is 0.0178. The van der Waals surface area contributed by atoms with Crippen LogP contribution in [0.4, 0.5) is 11.4 Å². The SMILES string of the molecule is CC(=O)N1CCCc2ccc(NC(=O)c3cccc(Cl)c3)cc21. The number of anilines is 2. The highest BCUT2D eigenvalue weighted by molar-refractivity contribution is 6.31. The minimum atomic E-state index is -0.224. The lowest BCUT2D eigenvalue weighted by Crippen LogP contribution is -2.33. The summed E-state index contributed by atoms with van der Waals surface area (Å²) in [6.07, 6.45) is 1.91. The Balaban J connectivity index is 1.85. The van der Waals surface area contributed by atoms with Crippen molar-refractivity contribution in [3.05, 3.63) is 58.6 Å². The van der Waals surface area contributed by atoms with Crippen LogP contribution in [0.5, 0.6) is 0 Å². The Morgan fingerprint density at radius 2 is 2.00 bits per heavy atom. The largest absolute Gasteiger partial charge is 0.322 e. The summed E-state index contributed by atoms with van der Waals surface area (Å²) in [6, 6.07) is 12.5. The Labute approximate surface area is 140 Å². The smallest absolute Gasteiger partial charge is 0.255 e. The third-order valence-electron chi connectivity index (χ3n) is 3.93. The number of nitrogens with zero attached hydrogens (tertiary/aromatic N) is 1. The van der Waals surface area contributed by atoms with Gasteiger partial charge in [-0.2, -0.15) is 0 Å². The predicted molar refractivity (Wildman–Crippen MR) is 92.2 cm³/mol. The van der Waals surface area contributed by atoms with Crippen LogP contribution in [0.1, 0.15) is 29.3 Å². The molecule has 0 aliphatic carbocycles. The van der Waals surface area contributed by atoms with Crippen LogP contribution in [-0.4, -0.2) is 18.4 Å². The topological polar surface area (TPSA) is 49.4 Å². The first-order valence-electron chi connectivity index (χ1n) is 7.52. The summed E-state index contributed by atoms with van der Waals surface area (Å²) >= 11 is 5.92. The molecule has 118 valence electrons. The van der Waals surface area contributed by atoms with Crippen molar-refractivity contribution in [2.75, 3.05) is 16.8 Å². The third kappa shape index (κ3) is 3.37. The van der Waals surface area contributed by atoms with Gasteiger partial charge >= 0.3 is 0 Å². The maximum atomic E-state index is 12.3. The molecule has 2 aromatic rings. The lowest BCUT2D eigenvalue weighted by molar-refractivity contribution is -0.116. The fraction of sp³-hybridized carbons (Fsp3) is 0.222. The molecule has 0 unspecified atom stereocenters. The van der Waals surface area contributed by atoms with Gasteiger partial charge in [-0.3, -0.25) is 9.59 Å². The Morgan fingerprint density at radius 3 is 2.74 bits per heavy atom. The van der Waals surface area contributed by atoms with Gasteiger partial charge in [-0.1, -0.05) is 23.7 Å². The van der Waals surface area contributed by atoms with Crippen molar-refractivity contribution in [1.29, 1.82) is 0 Å². The van der Waals surface area contributed by atoms with E-state index in [0.29, 0.717) is 22.8 Å². The number of nitrogens with one attached hydrogen (secondary N) is 1. The summed E-state index contributed by atoms with van der Waals surface area (Å²) in [5, 5.41) is 3.38. The van der Waals surface area contributed by atoms with Gasteiger partial charge in [0.15, 0.2) is 0 Å². The van der Waals surface area contributed by atoms with Gasteiger partial charge in [-0.05, 0) is 48.7 Å². The average molecular weight is 329 g/mol. The van der Waals surface area contributed by atoms with E-state index in [9.17, 15) is 9.59 Å². The number of hydrogen-bond acceptors (Lipinski definition) is 2. The van der Waals surface area contributed by atoms with Crippen LogP contribution in [0.25, 0.3) is 0 Å². The minimum Gasteiger partial charge on any atom is -0.322 e. The molecule has 0 atom stereocenters. The van der Waals surface area contributed by atoms with Crippen molar-refractivity contribution in [3.63, 3.8) is 0 Å². The summed E-state index contributed by atoms with van der Waals surface area (Å²) in [5.74, 6) is -0.207. The van der Waals surface area contributed by atoms with Gasteiger partial charge in [-0.25, -0.2) is 0 Å². The molecule has 4 nitrogen and oxygen atoms in total. The van der Waals surface area contributed by atoms with Gasteiger partial charge in [0.2, 0.25) is 5.91 Å². The standard InChI is InChI=1S/C18H17ClN2O2/c1-12(22)21-9-3-5-13-7-8-16(11-17(13)21)20-18(23)14-4-2-6-15(19)10-14/h2,4,6-8,10-11H,3,5,9H2,1H3,(H,20,23). The van der Waals surface area contributed by atoms with Crippen LogP contribution < -0.4 is 10.2 Å². The molecule has 5 heteroatoms. The molecule has 1 aliphatic rings. The van der Waals surface area contributed by atoms with E-state index in [-0.39, 0.29) is 11.8 Å². The van der Waals surface area contributed by atoms with Crippen LogP contribution in [0, 0.1) is 0 Å². The molecule has 2 amide bonds. The molecule has 1 aliphatic heterocycles. The van der Waals surface area contributed by atoms with Gasteiger partial charge in [0.1, 0.15) is 0 Å². The number of carbonyl (C=O) groups is 2. The molecule has 0 radical (unpaired) electrons. The molecule has 0 saturated carbocycles. The van der Waals surface area contributed by atoms with Crippen molar-refractivity contribution in [3.8, 4) is 0 Å². The van der Waals surface area contributed by atoms with E-state index in [1.807, 2.05) is 18.2 Å². The quantitative estimate of drug-likeness (QED) is 0.909. The first kappa shape index (κ1) is 15.6. The number of aryl methyl sites for hydroxylation is 1. The molecule has 0 saturated heterocycles. The zero-order valence-electron chi connectivity index (χ0n) is 12.8. The van der Waals surface area contributed by atoms with Crippen LogP contribution in [0.3, 0.4) is 0 Å². The summed E-state index contributed by atoms with van der Waals surface area (Å²) in [7, 11) is 0.